The fourth-order valence-corrected chi connectivity index (χ4v) is 5.19. The second-order valence-electron chi connectivity index (χ2n) is 12.7. The Morgan fingerprint density at radius 1 is 0.955 bits per heavy atom. The summed E-state index contributed by atoms with van der Waals surface area (Å²) < 4.78 is 0. The lowest BCUT2D eigenvalue weighted by molar-refractivity contribution is -0.205. The van der Waals surface area contributed by atoms with Crippen LogP contribution in [0.5, 0.6) is 0 Å². The Bertz CT molecular complexity index is 1070. The van der Waals surface area contributed by atoms with Crippen LogP contribution >= 0.6 is 0 Å². The highest BCUT2D eigenvalue weighted by Gasteiger charge is 2.45. The quantitative estimate of drug-likeness (QED) is 0.0507. The van der Waals surface area contributed by atoms with Crippen molar-refractivity contribution in [1.82, 2.24) is 4.90 Å². The van der Waals surface area contributed by atoms with Gasteiger partial charge in [-0.15, -0.1) is 0 Å². The highest BCUT2D eigenvalue weighted by Crippen LogP contribution is 2.25. The molecule has 0 radical (unpaired) electrons. The molecule has 1 heterocycles. The monoisotopic (exact) mass is 615 g/mol. The van der Waals surface area contributed by atoms with Gasteiger partial charge in [0.15, 0.2) is 0 Å². The minimum Gasteiger partial charge on any atom is -0.388 e. The third kappa shape index (κ3) is 14.4. The molecule has 0 aromatic rings. The topological polar surface area (TPSA) is 132 Å². The van der Waals surface area contributed by atoms with Crippen molar-refractivity contribution in [2.75, 3.05) is 6.54 Å². The van der Waals surface area contributed by atoms with Gasteiger partial charge in [-0.1, -0.05) is 68.7 Å². The molecule has 1 saturated heterocycles. The first kappa shape index (κ1) is 39.3. The third-order valence-corrected chi connectivity index (χ3v) is 8.67. The fourth-order valence-electron chi connectivity index (χ4n) is 5.19. The van der Waals surface area contributed by atoms with Gasteiger partial charge in [-0.05, 0) is 84.6 Å². The first-order chi connectivity index (χ1) is 20.7. The second kappa shape index (κ2) is 20.4. The number of likely N-dealkylation sites (tertiary alicyclic amines) is 1. The summed E-state index contributed by atoms with van der Waals surface area (Å²) in [6.07, 6.45) is 19.1. The van der Waals surface area contributed by atoms with Crippen molar-refractivity contribution in [2.45, 2.75) is 137 Å². The Kier molecular flexibility index (Phi) is 18.2. The molecule has 0 aromatic heterocycles. The molecule has 8 heteroatoms. The Hall–Kier alpha value is -2.68. The van der Waals surface area contributed by atoms with Crippen LogP contribution in [0.25, 0.3) is 0 Å². The number of allylic oxidation sites excluding steroid dienone is 7. The number of Topliss-reactive ketones (excluding diaryl/α,β-unsaturated/α-hetero) is 3. The summed E-state index contributed by atoms with van der Waals surface area (Å²) in [7, 11) is 0. The number of piperidine rings is 1. The summed E-state index contributed by atoms with van der Waals surface area (Å²) in [5.74, 6) is -5.41. The van der Waals surface area contributed by atoms with E-state index in [1.807, 2.05) is 38.2 Å². The van der Waals surface area contributed by atoms with Crippen molar-refractivity contribution in [3.63, 3.8) is 0 Å². The number of hydrogen-bond donors (Lipinski definition) is 3. The molecule has 3 N–H and O–H groups in total. The Labute approximate surface area is 265 Å². The standard InChI is InChI=1S/C36H57NO7/c1-26(17-11-8-7-9-13-19-27(2)32(39)25-33(40)28(3)22-23-31(6)38)18-12-10-14-20-29(4)36(43,44)34(41)35(42)37-24-16-15-21-30(37)5/h7-9,11,17,22,27,29-30,33,40,43-44H,10,12-16,18-21,23-25H2,1-6H3/b9-7+,11-8+,26-17+,28-22+. The van der Waals surface area contributed by atoms with Crippen molar-refractivity contribution >= 4 is 23.3 Å². The molecule has 4 atom stereocenters. The number of aliphatic hydroxyl groups excluding tert-OH is 1. The molecule has 4 unspecified atom stereocenters. The molecule has 1 aliphatic heterocycles. The molecule has 1 aliphatic rings. The number of nitrogens with zero attached hydrogens (tertiary/aromatic N) is 1. The van der Waals surface area contributed by atoms with Crippen molar-refractivity contribution in [3.8, 4) is 0 Å². The molecule has 1 amide bonds. The van der Waals surface area contributed by atoms with Crippen molar-refractivity contribution in [2.24, 2.45) is 11.8 Å². The van der Waals surface area contributed by atoms with E-state index < -0.39 is 29.5 Å². The highest BCUT2D eigenvalue weighted by atomic mass is 16.5. The van der Waals surface area contributed by atoms with Gasteiger partial charge in [0.05, 0.1) is 6.10 Å². The fraction of sp³-hybridized carbons (Fsp3) is 0.667. The third-order valence-electron chi connectivity index (χ3n) is 8.67. The second-order valence-corrected chi connectivity index (χ2v) is 12.7. The lowest BCUT2D eigenvalue weighted by atomic mass is 9.89. The highest BCUT2D eigenvalue weighted by molar-refractivity contribution is 6.38. The van der Waals surface area contributed by atoms with Crippen LogP contribution in [0.15, 0.2) is 47.6 Å². The van der Waals surface area contributed by atoms with Gasteiger partial charge in [-0.25, -0.2) is 0 Å². The molecule has 44 heavy (non-hydrogen) atoms. The molecule has 0 bridgehead atoms. The lowest BCUT2D eigenvalue weighted by Gasteiger charge is -2.35. The van der Waals surface area contributed by atoms with Gasteiger partial charge in [0, 0.05) is 37.3 Å². The van der Waals surface area contributed by atoms with E-state index in [2.05, 4.69) is 13.0 Å². The van der Waals surface area contributed by atoms with Crippen LogP contribution in [0.4, 0.5) is 0 Å². The Morgan fingerprint density at radius 2 is 1.66 bits per heavy atom. The van der Waals surface area contributed by atoms with E-state index in [0.717, 1.165) is 51.4 Å². The number of hydrogen-bond acceptors (Lipinski definition) is 7. The van der Waals surface area contributed by atoms with Gasteiger partial charge in [0.25, 0.3) is 11.7 Å². The van der Waals surface area contributed by atoms with Gasteiger partial charge in [-0.3, -0.25) is 19.2 Å². The molecule has 0 spiro atoms. The zero-order valence-corrected chi connectivity index (χ0v) is 27.9. The van der Waals surface area contributed by atoms with E-state index in [0.29, 0.717) is 25.0 Å². The maximum atomic E-state index is 12.6. The van der Waals surface area contributed by atoms with Gasteiger partial charge in [-0.2, -0.15) is 0 Å². The molecule has 248 valence electrons. The average Bonchev–Trinajstić information content (AvgIpc) is 2.98. The van der Waals surface area contributed by atoms with Crippen LogP contribution in [0, 0.1) is 11.8 Å². The number of carbonyl (C=O) groups is 4. The summed E-state index contributed by atoms with van der Waals surface area (Å²) in [5.41, 5.74) is 1.88. The van der Waals surface area contributed by atoms with Crippen LogP contribution in [0.2, 0.25) is 0 Å². The maximum Gasteiger partial charge on any atom is 0.296 e. The number of amides is 1. The number of carbonyl (C=O) groups excluding carboxylic acids is 4. The van der Waals surface area contributed by atoms with Gasteiger partial charge >= 0.3 is 0 Å². The summed E-state index contributed by atoms with van der Waals surface area (Å²) in [4.78, 5) is 50.2. The first-order valence-electron chi connectivity index (χ1n) is 16.3. The molecule has 8 nitrogen and oxygen atoms in total. The smallest absolute Gasteiger partial charge is 0.296 e. The lowest BCUT2D eigenvalue weighted by Crippen LogP contribution is -2.55. The van der Waals surface area contributed by atoms with E-state index in [1.165, 1.54) is 17.4 Å². The van der Waals surface area contributed by atoms with Crippen molar-refractivity contribution < 1.29 is 34.5 Å². The van der Waals surface area contributed by atoms with E-state index >= 15 is 0 Å². The molecule has 0 saturated carbocycles. The largest absolute Gasteiger partial charge is 0.388 e. The molecule has 0 aliphatic carbocycles. The van der Waals surface area contributed by atoms with Crippen LogP contribution in [0.1, 0.15) is 119 Å². The number of ketones is 3. The van der Waals surface area contributed by atoms with Crippen LogP contribution in [0.3, 0.4) is 0 Å². The zero-order valence-electron chi connectivity index (χ0n) is 27.9. The van der Waals surface area contributed by atoms with Crippen molar-refractivity contribution in [1.29, 1.82) is 0 Å². The summed E-state index contributed by atoms with van der Waals surface area (Å²) in [6, 6.07) is -0.0648. The van der Waals surface area contributed by atoms with Crippen LogP contribution < -0.4 is 0 Å². The predicted molar refractivity (Wildman–Crippen MR) is 175 cm³/mol. The zero-order chi connectivity index (χ0) is 33.3. The minimum absolute atomic E-state index is 0.0168. The van der Waals surface area contributed by atoms with Gasteiger partial charge in [0.2, 0.25) is 5.79 Å². The predicted octanol–water partition coefficient (Wildman–Crippen LogP) is 5.94. The summed E-state index contributed by atoms with van der Waals surface area (Å²) in [6.45, 7) is 11.1. The molecular formula is C36H57NO7. The normalized spacial score (nSPS) is 18.9. The molecular weight excluding hydrogens is 558 g/mol. The van der Waals surface area contributed by atoms with E-state index in [-0.39, 0.29) is 36.4 Å². The molecule has 0 aromatic carbocycles. The number of unbranched alkanes of at least 4 members (excludes halogenated alkanes) is 2. The van der Waals surface area contributed by atoms with Gasteiger partial charge in [0.1, 0.15) is 11.6 Å². The number of aliphatic hydroxyl groups is 3. The molecule has 1 fully saturated rings. The van der Waals surface area contributed by atoms with Gasteiger partial charge < -0.3 is 20.2 Å². The minimum atomic E-state index is -2.65. The first-order valence-corrected chi connectivity index (χ1v) is 16.3. The maximum absolute atomic E-state index is 12.6. The average molecular weight is 616 g/mol. The van der Waals surface area contributed by atoms with E-state index in [1.54, 1.807) is 19.9 Å². The Morgan fingerprint density at radius 3 is 2.32 bits per heavy atom. The van der Waals surface area contributed by atoms with Crippen LogP contribution in [-0.4, -0.2) is 68.0 Å². The summed E-state index contributed by atoms with van der Waals surface area (Å²) >= 11 is 0. The SMILES string of the molecule is CC(=O)C/C=C(\C)C(O)CC(=O)C(C)CC/C=C/C=C/C=C(\C)CCCCCC(C)C(O)(O)C(=O)C(=O)N1CCCCC1C. The summed E-state index contributed by atoms with van der Waals surface area (Å²) in [5, 5.41) is 31.2. The van der Waals surface area contributed by atoms with Crippen molar-refractivity contribution in [3.05, 3.63) is 47.6 Å². The Balaban J connectivity index is 2.31. The van der Waals surface area contributed by atoms with Crippen LogP contribution in [-0.2, 0) is 19.2 Å². The molecule has 1 rings (SSSR count). The van der Waals surface area contributed by atoms with E-state index in [9.17, 15) is 34.5 Å². The number of rotatable bonds is 20. The van der Waals surface area contributed by atoms with E-state index in [4.69, 9.17) is 0 Å².